The lowest BCUT2D eigenvalue weighted by molar-refractivity contribution is -0.941. The van der Waals surface area contributed by atoms with Crippen LogP contribution in [0.4, 0.5) is 0 Å². The van der Waals surface area contributed by atoms with Gasteiger partial charge >= 0.3 is 0 Å². The van der Waals surface area contributed by atoms with Crippen molar-refractivity contribution in [3.63, 3.8) is 0 Å². The zero-order valence-electron chi connectivity index (χ0n) is 14.6. The first-order chi connectivity index (χ1) is 12.1. The maximum Gasteiger partial charge on any atom is 0.207 e. The lowest BCUT2D eigenvalue weighted by atomic mass is 10.2. The molecule has 0 aliphatic carbocycles. The first-order valence-electron chi connectivity index (χ1n) is 8.75. The molecule has 25 heavy (non-hydrogen) atoms. The third kappa shape index (κ3) is 3.10. The fourth-order valence-corrected chi connectivity index (χ4v) is 5.09. The maximum absolute atomic E-state index is 5.78. The van der Waals surface area contributed by atoms with E-state index in [2.05, 4.69) is 53.3 Å². The Kier molecular flexibility index (Phi) is 4.58. The quantitative estimate of drug-likeness (QED) is 0.711. The van der Waals surface area contributed by atoms with Gasteiger partial charge in [-0.2, -0.15) is 9.78 Å². The molecule has 0 bridgehead atoms. The summed E-state index contributed by atoms with van der Waals surface area (Å²) in [6, 6.07) is 13.3. The number of aryl methyl sites for hydroxylation is 2. The molecule has 4 rings (SSSR count). The number of nitrogens with zero attached hydrogens (tertiary/aromatic N) is 3. The van der Waals surface area contributed by atoms with Crippen molar-refractivity contribution in [3.05, 3.63) is 62.8 Å². The maximum atomic E-state index is 5.78. The van der Waals surface area contributed by atoms with Gasteiger partial charge in [0.25, 0.3) is 0 Å². The smallest absolute Gasteiger partial charge is 0.207 e. The number of aromatic nitrogens is 3. The van der Waals surface area contributed by atoms with Crippen LogP contribution in [-0.2, 0) is 6.67 Å². The van der Waals surface area contributed by atoms with Gasteiger partial charge in [-0.15, -0.1) is 11.3 Å². The summed E-state index contributed by atoms with van der Waals surface area (Å²) in [5.74, 6) is 0.950. The number of nitrogens with one attached hydrogen (secondary N) is 1. The molecule has 0 saturated carbocycles. The molecule has 2 atom stereocenters. The molecule has 1 unspecified atom stereocenters. The van der Waals surface area contributed by atoms with Crippen molar-refractivity contribution in [1.29, 1.82) is 0 Å². The van der Waals surface area contributed by atoms with Gasteiger partial charge in [0.15, 0.2) is 6.67 Å². The van der Waals surface area contributed by atoms with Crippen LogP contribution < -0.4 is 4.90 Å². The van der Waals surface area contributed by atoms with Gasteiger partial charge < -0.3 is 4.90 Å². The molecule has 0 radical (unpaired) electrons. The highest BCUT2D eigenvalue weighted by atomic mass is 32.1. The van der Waals surface area contributed by atoms with Gasteiger partial charge in [0.2, 0.25) is 4.77 Å². The standard InChI is InChI=1S/C19H22N4S2/c1-14-7-3-4-8-16(14)23-15(2)20-22(19(23)24)13-21-11-5-9-17(21)18-10-6-12-25-18/h3-4,6-8,10,12,17H,5,9,11,13H2,1-2H3/p+1/t17-/m0/s1. The van der Waals surface area contributed by atoms with Crippen LogP contribution in [0.25, 0.3) is 5.69 Å². The Morgan fingerprint density at radius 1 is 1.24 bits per heavy atom. The summed E-state index contributed by atoms with van der Waals surface area (Å²) in [7, 11) is 0. The zero-order valence-corrected chi connectivity index (χ0v) is 16.2. The van der Waals surface area contributed by atoms with Crippen LogP contribution in [0, 0.1) is 18.6 Å². The molecule has 1 fully saturated rings. The average molecular weight is 372 g/mol. The molecule has 3 heterocycles. The number of hydrogen-bond donors (Lipinski definition) is 1. The molecule has 1 saturated heterocycles. The summed E-state index contributed by atoms with van der Waals surface area (Å²) < 4.78 is 4.90. The third-order valence-electron chi connectivity index (χ3n) is 5.08. The van der Waals surface area contributed by atoms with E-state index in [0.29, 0.717) is 6.04 Å². The molecule has 3 aromatic rings. The minimum absolute atomic E-state index is 0.575. The fraction of sp³-hybridized carbons (Fsp3) is 0.368. The van der Waals surface area contributed by atoms with Crippen LogP contribution in [0.15, 0.2) is 41.8 Å². The van der Waals surface area contributed by atoms with Gasteiger partial charge in [-0.05, 0) is 49.1 Å². The Bertz CT molecular complexity index is 923. The number of rotatable bonds is 4. The Labute approximate surface area is 157 Å². The SMILES string of the molecule is Cc1ccccc1-n1c(C)nn(C[NH+]2CCC[C@H]2c2cccs2)c1=S. The number of thiophene rings is 1. The van der Waals surface area contributed by atoms with Crippen molar-refractivity contribution in [3.8, 4) is 5.69 Å². The summed E-state index contributed by atoms with van der Waals surface area (Å²) >= 11 is 7.64. The van der Waals surface area contributed by atoms with Gasteiger partial charge in [-0.25, -0.2) is 0 Å². The molecule has 4 nitrogen and oxygen atoms in total. The van der Waals surface area contributed by atoms with Gasteiger partial charge in [0.1, 0.15) is 11.9 Å². The fourth-order valence-electron chi connectivity index (χ4n) is 3.84. The van der Waals surface area contributed by atoms with Crippen molar-refractivity contribution in [2.75, 3.05) is 6.54 Å². The van der Waals surface area contributed by atoms with Crippen molar-refractivity contribution in [2.24, 2.45) is 0 Å². The number of quaternary nitrogens is 1. The van der Waals surface area contributed by atoms with Crippen LogP contribution in [-0.4, -0.2) is 20.9 Å². The van der Waals surface area contributed by atoms with Crippen LogP contribution in [0.5, 0.6) is 0 Å². The second kappa shape index (κ2) is 6.86. The van der Waals surface area contributed by atoms with Gasteiger partial charge in [0, 0.05) is 12.8 Å². The highest BCUT2D eigenvalue weighted by molar-refractivity contribution is 7.71. The monoisotopic (exact) mass is 371 g/mol. The third-order valence-corrected chi connectivity index (χ3v) is 6.46. The highest BCUT2D eigenvalue weighted by Gasteiger charge is 2.31. The van der Waals surface area contributed by atoms with E-state index in [4.69, 9.17) is 17.3 Å². The minimum atomic E-state index is 0.575. The van der Waals surface area contributed by atoms with Crippen LogP contribution in [0.2, 0.25) is 0 Å². The Morgan fingerprint density at radius 2 is 2.08 bits per heavy atom. The molecule has 0 amide bonds. The Hall–Kier alpha value is -1.76. The van der Waals surface area contributed by atoms with E-state index < -0.39 is 0 Å². The van der Waals surface area contributed by atoms with Crippen LogP contribution in [0.3, 0.4) is 0 Å². The summed E-state index contributed by atoms with van der Waals surface area (Å²) in [5, 5.41) is 6.94. The molecule has 6 heteroatoms. The van der Waals surface area contributed by atoms with Crippen molar-refractivity contribution in [2.45, 2.75) is 39.4 Å². The van der Waals surface area contributed by atoms with E-state index in [1.807, 2.05) is 22.9 Å². The van der Waals surface area contributed by atoms with E-state index in [1.165, 1.54) is 29.8 Å². The van der Waals surface area contributed by atoms with E-state index in [9.17, 15) is 0 Å². The van der Waals surface area contributed by atoms with Gasteiger partial charge in [0.05, 0.1) is 17.1 Å². The molecule has 1 N–H and O–H groups in total. The molecule has 1 aromatic carbocycles. The van der Waals surface area contributed by atoms with Gasteiger partial charge in [-0.3, -0.25) is 4.57 Å². The molecular weight excluding hydrogens is 348 g/mol. The zero-order chi connectivity index (χ0) is 17.4. The first-order valence-corrected chi connectivity index (χ1v) is 10.0. The van der Waals surface area contributed by atoms with Gasteiger partial charge in [-0.1, -0.05) is 24.3 Å². The largest absolute Gasteiger partial charge is 0.309 e. The molecule has 1 aliphatic rings. The Morgan fingerprint density at radius 3 is 2.84 bits per heavy atom. The topological polar surface area (TPSA) is 27.2 Å². The number of benzene rings is 1. The van der Waals surface area contributed by atoms with E-state index in [-0.39, 0.29) is 0 Å². The predicted molar refractivity (Wildman–Crippen MR) is 104 cm³/mol. The van der Waals surface area contributed by atoms with Crippen LogP contribution in [0.1, 0.15) is 35.1 Å². The second-order valence-electron chi connectivity index (χ2n) is 6.73. The summed E-state index contributed by atoms with van der Waals surface area (Å²) in [6.07, 6.45) is 2.52. The Balaban J connectivity index is 1.65. The minimum Gasteiger partial charge on any atom is -0.309 e. The molecular formula is C19H23N4S2+. The average Bonchev–Trinajstić information content (AvgIpc) is 3.31. The van der Waals surface area contributed by atoms with Crippen molar-refractivity contribution in [1.82, 2.24) is 14.3 Å². The molecule has 130 valence electrons. The lowest BCUT2D eigenvalue weighted by Crippen LogP contribution is -3.09. The normalized spacial score (nSPS) is 20.2. The van der Waals surface area contributed by atoms with E-state index in [1.54, 1.807) is 4.90 Å². The molecule has 0 spiro atoms. The summed E-state index contributed by atoms with van der Waals surface area (Å²) in [4.78, 5) is 3.04. The van der Waals surface area contributed by atoms with Crippen molar-refractivity contribution < 1.29 is 4.90 Å². The first kappa shape index (κ1) is 16.7. The predicted octanol–water partition coefficient (Wildman–Crippen LogP) is 3.46. The number of para-hydroxylation sites is 1. The number of hydrogen-bond acceptors (Lipinski definition) is 3. The summed E-state index contributed by atoms with van der Waals surface area (Å²) in [5.41, 5.74) is 2.34. The van der Waals surface area contributed by atoms with Crippen molar-refractivity contribution >= 4 is 23.6 Å². The lowest BCUT2D eigenvalue weighted by Gasteiger charge is -2.20. The molecule has 1 aliphatic heterocycles. The molecule has 2 aromatic heterocycles. The van der Waals surface area contributed by atoms with E-state index in [0.717, 1.165) is 23.0 Å². The van der Waals surface area contributed by atoms with Crippen LogP contribution >= 0.6 is 23.6 Å². The highest BCUT2D eigenvalue weighted by Crippen LogP contribution is 2.23. The number of likely N-dealkylation sites (tertiary alicyclic amines) is 1. The van der Waals surface area contributed by atoms with E-state index >= 15 is 0 Å². The second-order valence-corrected chi connectivity index (χ2v) is 8.07. The summed E-state index contributed by atoms with van der Waals surface area (Å²) in [6.45, 7) is 6.17.